The lowest BCUT2D eigenvalue weighted by molar-refractivity contribution is -0.116. The van der Waals surface area contributed by atoms with Gasteiger partial charge in [-0.15, -0.1) is 5.10 Å². The van der Waals surface area contributed by atoms with Crippen LogP contribution in [0, 0.1) is 5.82 Å². The molecule has 9 heteroatoms. The number of hydrogen-bond acceptors (Lipinski definition) is 5. The molecule has 26 heavy (non-hydrogen) atoms. The van der Waals surface area contributed by atoms with Crippen LogP contribution in [0.1, 0.15) is 12.0 Å². The van der Waals surface area contributed by atoms with Gasteiger partial charge in [-0.25, -0.2) is 9.07 Å². The Hall–Kier alpha value is -2.45. The van der Waals surface area contributed by atoms with Gasteiger partial charge in [0, 0.05) is 23.4 Å². The Morgan fingerprint density at radius 1 is 1.31 bits per heavy atom. The number of nitrogens with one attached hydrogen (secondary N) is 1. The number of aromatic nitrogens is 4. The maximum Gasteiger partial charge on any atom is 0.224 e. The molecule has 3 aromatic rings. The normalized spacial score (nSPS) is 10.7. The van der Waals surface area contributed by atoms with Crippen LogP contribution in [0.25, 0.3) is 0 Å². The average Bonchev–Trinajstić information content (AvgIpc) is 3.00. The van der Waals surface area contributed by atoms with Gasteiger partial charge >= 0.3 is 0 Å². The summed E-state index contributed by atoms with van der Waals surface area (Å²) in [6.45, 7) is 0. The highest BCUT2D eigenvalue weighted by Crippen LogP contribution is 2.33. The first kappa shape index (κ1) is 18.3. The minimum atomic E-state index is -0.311. The van der Waals surface area contributed by atoms with Crippen molar-refractivity contribution in [2.24, 2.45) is 7.05 Å². The van der Waals surface area contributed by atoms with E-state index in [2.05, 4.69) is 20.8 Å². The fourth-order valence-electron chi connectivity index (χ4n) is 2.26. The molecule has 2 aromatic carbocycles. The van der Waals surface area contributed by atoms with E-state index in [-0.39, 0.29) is 18.1 Å². The number of benzene rings is 2. The third kappa shape index (κ3) is 4.80. The summed E-state index contributed by atoms with van der Waals surface area (Å²) in [7, 11) is 1.73. The van der Waals surface area contributed by atoms with Gasteiger partial charge in [-0.05, 0) is 64.5 Å². The van der Waals surface area contributed by atoms with Gasteiger partial charge in [0.05, 0.1) is 5.69 Å². The van der Waals surface area contributed by atoms with Crippen LogP contribution in [0.2, 0.25) is 5.02 Å². The molecule has 0 bridgehead atoms. The second-order valence-corrected chi connectivity index (χ2v) is 6.95. The number of nitrogens with zero attached hydrogens (tertiary/aromatic N) is 4. The van der Waals surface area contributed by atoms with Gasteiger partial charge in [-0.3, -0.25) is 4.79 Å². The topological polar surface area (TPSA) is 72.7 Å². The molecule has 0 spiro atoms. The number of carbonyl (C=O) groups is 1. The molecular formula is C17H15ClFN5OS. The highest BCUT2D eigenvalue weighted by molar-refractivity contribution is 7.99. The molecule has 6 nitrogen and oxygen atoms in total. The van der Waals surface area contributed by atoms with E-state index in [1.807, 2.05) is 0 Å². The van der Waals surface area contributed by atoms with Crippen LogP contribution in [0.15, 0.2) is 52.5 Å². The standard InChI is InChI=1S/C17H15ClFN5OS/c1-24-17(21-22-23-24)26-15-7-6-12(18)10-14(15)20-16(25)8-5-11-3-2-4-13(19)9-11/h2-4,6-7,9-10H,5,8H2,1H3,(H,20,25). The Morgan fingerprint density at radius 3 is 2.88 bits per heavy atom. The smallest absolute Gasteiger partial charge is 0.224 e. The van der Waals surface area contributed by atoms with E-state index in [0.29, 0.717) is 22.3 Å². The summed E-state index contributed by atoms with van der Waals surface area (Å²) < 4.78 is 14.7. The summed E-state index contributed by atoms with van der Waals surface area (Å²) in [4.78, 5) is 13.1. The van der Waals surface area contributed by atoms with Gasteiger partial charge < -0.3 is 5.32 Å². The van der Waals surface area contributed by atoms with Crippen molar-refractivity contribution in [3.63, 3.8) is 0 Å². The number of hydrogen-bond donors (Lipinski definition) is 1. The van der Waals surface area contributed by atoms with E-state index in [1.165, 1.54) is 28.6 Å². The summed E-state index contributed by atoms with van der Waals surface area (Å²) in [5.74, 6) is -0.497. The monoisotopic (exact) mass is 391 g/mol. The summed E-state index contributed by atoms with van der Waals surface area (Å²) in [5, 5.41) is 15.2. The zero-order chi connectivity index (χ0) is 18.5. The average molecular weight is 392 g/mol. The summed E-state index contributed by atoms with van der Waals surface area (Å²) in [6, 6.07) is 11.4. The Balaban J connectivity index is 1.69. The molecule has 134 valence electrons. The number of rotatable bonds is 6. The highest BCUT2D eigenvalue weighted by Gasteiger charge is 2.12. The quantitative estimate of drug-likeness (QED) is 0.693. The number of anilines is 1. The van der Waals surface area contributed by atoms with Crippen molar-refractivity contribution in [1.29, 1.82) is 0 Å². The Kier molecular flexibility index (Phi) is 5.85. The molecule has 0 saturated heterocycles. The van der Waals surface area contributed by atoms with Gasteiger partial charge in [0.15, 0.2) is 0 Å². The van der Waals surface area contributed by atoms with Crippen molar-refractivity contribution in [1.82, 2.24) is 20.2 Å². The Bertz CT molecular complexity index is 933. The predicted octanol–water partition coefficient (Wildman–Crippen LogP) is 3.73. The number of carbonyl (C=O) groups excluding carboxylic acids is 1. The maximum atomic E-state index is 13.2. The third-order valence-electron chi connectivity index (χ3n) is 3.53. The summed E-state index contributed by atoms with van der Waals surface area (Å²) in [6.07, 6.45) is 0.672. The van der Waals surface area contributed by atoms with Crippen LogP contribution < -0.4 is 5.32 Å². The molecule has 0 aliphatic heterocycles. The minimum absolute atomic E-state index is 0.186. The molecule has 0 aliphatic rings. The molecule has 0 fully saturated rings. The lowest BCUT2D eigenvalue weighted by Gasteiger charge is -2.11. The van der Waals surface area contributed by atoms with E-state index >= 15 is 0 Å². The number of tetrazole rings is 1. The maximum absolute atomic E-state index is 13.2. The third-order valence-corrected chi connectivity index (χ3v) is 4.87. The largest absolute Gasteiger partial charge is 0.325 e. The van der Waals surface area contributed by atoms with Crippen LogP contribution >= 0.6 is 23.4 Å². The van der Waals surface area contributed by atoms with Crippen molar-refractivity contribution in [2.45, 2.75) is 22.9 Å². The van der Waals surface area contributed by atoms with Crippen LogP contribution in [-0.4, -0.2) is 26.1 Å². The Labute approximate surface area is 158 Å². The zero-order valence-corrected chi connectivity index (χ0v) is 15.4. The second-order valence-electron chi connectivity index (χ2n) is 5.51. The summed E-state index contributed by atoms with van der Waals surface area (Å²) >= 11 is 7.37. The SMILES string of the molecule is Cn1nnnc1Sc1ccc(Cl)cc1NC(=O)CCc1cccc(F)c1. The van der Waals surface area contributed by atoms with Crippen molar-refractivity contribution in [3.8, 4) is 0 Å². The fraction of sp³-hybridized carbons (Fsp3) is 0.176. The molecule has 3 rings (SSSR count). The van der Waals surface area contributed by atoms with E-state index in [0.717, 1.165) is 10.5 Å². The first-order chi connectivity index (χ1) is 12.5. The van der Waals surface area contributed by atoms with Gasteiger partial charge in [0.2, 0.25) is 11.1 Å². The van der Waals surface area contributed by atoms with Crippen molar-refractivity contribution in [3.05, 3.63) is 58.9 Å². The molecule has 0 atom stereocenters. The minimum Gasteiger partial charge on any atom is -0.325 e. The number of halogens is 2. The molecule has 0 saturated carbocycles. The Morgan fingerprint density at radius 2 is 2.15 bits per heavy atom. The highest BCUT2D eigenvalue weighted by atomic mass is 35.5. The molecule has 0 unspecified atom stereocenters. The molecular weight excluding hydrogens is 377 g/mol. The fourth-order valence-corrected chi connectivity index (χ4v) is 3.23. The van der Waals surface area contributed by atoms with E-state index < -0.39 is 0 Å². The second kappa shape index (κ2) is 8.29. The molecule has 1 amide bonds. The van der Waals surface area contributed by atoms with Crippen molar-refractivity contribution >= 4 is 35.0 Å². The molecule has 1 N–H and O–H groups in total. The van der Waals surface area contributed by atoms with Crippen LogP contribution in [0.3, 0.4) is 0 Å². The molecule has 0 radical (unpaired) electrons. The van der Waals surface area contributed by atoms with Crippen LogP contribution in [0.4, 0.5) is 10.1 Å². The van der Waals surface area contributed by atoms with E-state index in [1.54, 1.807) is 37.4 Å². The van der Waals surface area contributed by atoms with E-state index in [4.69, 9.17) is 11.6 Å². The van der Waals surface area contributed by atoms with Crippen molar-refractivity contribution < 1.29 is 9.18 Å². The molecule has 1 aromatic heterocycles. The molecule has 1 heterocycles. The summed E-state index contributed by atoms with van der Waals surface area (Å²) in [5.41, 5.74) is 1.35. The number of aryl methyl sites for hydroxylation is 2. The van der Waals surface area contributed by atoms with E-state index in [9.17, 15) is 9.18 Å². The number of amides is 1. The van der Waals surface area contributed by atoms with Crippen LogP contribution in [-0.2, 0) is 18.3 Å². The van der Waals surface area contributed by atoms with Gasteiger partial charge in [0.1, 0.15) is 5.82 Å². The van der Waals surface area contributed by atoms with Crippen LogP contribution in [0.5, 0.6) is 0 Å². The lowest BCUT2D eigenvalue weighted by Crippen LogP contribution is -2.13. The first-order valence-corrected chi connectivity index (χ1v) is 8.95. The molecule has 0 aliphatic carbocycles. The first-order valence-electron chi connectivity index (χ1n) is 7.75. The van der Waals surface area contributed by atoms with Gasteiger partial charge in [0.25, 0.3) is 0 Å². The zero-order valence-electron chi connectivity index (χ0n) is 13.8. The lowest BCUT2D eigenvalue weighted by atomic mass is 10.1. The van der Waals surface area contributed by atoms with Gasteiger partial charge in [-0.1, -0.05) is 23.7 Å². The van der Waals surface area contributed by atoms with Gasteiger partial charge in [-0.2, -0.15) is 0 Å². The predicted molar refractivity (Wildman–Crippen MR) is 97.7 cm³/mol. The van der Waals surface area contributed by atoms with Crippen molar-refractivity contribution in [2.75, 3.05) is 5.32 Å².